The van der Waals surface area contributed by atoms with E-state index in [-0.39, 0.29) is 11.7 Å². The minimum Gasteiger partial charge on any atom is -0.469 e. The molecule has 2 aromatic heterocycles. The molecule has 3 heteroatoms. The van der Waals surface area contributed by atoms with Gasteiger partial charge in [0, 0.05) is 19.0 Å². The van der Waals surface area contributed by atoms with Crippen LogP contribution in [0.4, 0.5) is 0 Å². The Bertz CT molecular complexity index is 545. The summed E-state index contributed by atoms with van der Waals surface area (Å²) in [5.74, 6) is 1.16. The summed E-state index contributed by atoms with van der Waals surface area (Å²) in [5, 5.41) is 0. The predicted molar refractivity (Wildman–Crippen MR) is 67.3 cm³/mol. The van der Waals surface area contributed by atoms with Gasteiger partial charge in [-0.25, -0.2) is 0 Å². The standard InChI is InChI=1S/C15H15NO2/c17-14(8-6-12-4-2-10-18-12)13-7-5-11-3-1-9-16-15(11)13/h1-4,9-10,13H,5-8H2. The zero-order valence-corrected chi connectivity index (χ0v) is 10.1. The van der Waals surface area contributed by atoms with E-state index in [1.807, 2.05) is 18.2 Å². The van der Waals surface area contributed by atoms with Gasteiger partial charge in [0.1, 0.15) is 11.5 Å². The highest BCUT2D eigenvalue weighted by molar-refractivity contribution is 5.86. The number of carbonyl (C=O) groups excluding carboxylic acids is 1. The third kappa shape index (κ3) is 2.08. The summed E-state index contributed by atoms with van der Waals surface area (Å²) in [4.78, 5) is 16.6. The van der Waals surface area contributed by atoms with E-state index in [2.05, 4.69) is 11.1 Å². The van der Waals surface area contributed by atoms with Gasteiger partial charge in [-0.3, -0.25) is 9.78 Å². The number of pyridine rings is 1. The van der Waals surface area contributed by atoms with Gasteiger partial charge in [-0.2, -0.15) is 0 Å². The Balaban J connectivity index is 1.67. The minimum absolute atomic E-state index is 0.00355. The SMILES string of the molecule is O=C(CCc1ccco1)C1CCc2cccnc21. The van der Waals surface area contributed by atoms with Crippen molar-refractivity contribution in [1.82, 2.24) is 4.98 Å². The summed E-state index contributed by atoms with van der Waals surface area (Å²) >= 11 is 0. The first-order chi connectivity index (χ1) is 8.84. The molecule has 3 nitrogen and oxygen atoms in total. The second kappa shape index (κ2) is 4.77. The van der Waals surface area contributed by atoms with Crippen molar-refractivity contribution < 1.29 is 9.21 Å². The van der Waals surface area contributed by atoms with Crippen LogP contribution in [-0.4, -0.2) is 10.8 Å². The van der Waals surface area contributed by atoms with Crippen molar-refractivity contribution in [3.8, 4) is 0 Å². The van der Waals surface area contributed by atoms with E-state index in [1.165, 1.54) is 5.56 Å². The van der Waals surface area contributed by atoms with Gasteiger partial charge >= 0.3 is 0 Å². The number of carbonyl (C=O) groups is 1. The van der Waals surface area contributed by atoms with Crippen molar-refractivity contribution in [2.45, 2.75) is 31.6 Å². The van der Waals surface area contributed by atoms with Crippen molar-refractivity contribution in [1.29, 1.82) is 0 Å². The number of aromatic nitrogens is 1. The van der Waals surface area contributed by atoms with E-state index < -0.39 is 0 Å². The lowest BCUT2D eigenvalue weighted by molar-refractivity contribution is -0.120. The fraction of sp³-hybridized carbons (Fsp3) is 0.333. The topological polar surface area (TPSA) is 43.1 Å². The molecule has 0 radical (unpaired) electrons. The number of fused-ring (bicyclic) bond motifs is 1. The maximum atomic E-state index is 12.2. The Kier molecular flexibility index (Phi) is 2.97. The van der Waals surface area contributed by atoms with Crippen LogP contribution in [0.3, 0.4) is 0 Å². The van der Waals surface area contributed by atoms with Gasteiger partial charge in [-0.15, -0.1) is 0 Å². The normalized spacial score (nSPS) is 17.7. The average Bonchev–Trinajstić information content (AvgIpc) is 3.05. The summed E-state index contributed by atoms with van der Waals surface area (Å²) < 4.78 is 5.25. The number of aryl methyl sites for hydroxylation is 2. The van der Waals surface area contributed by atoms with Crippen molar-refractivity contribution >= 4 is 5.78 Å². The zero-order valence-electron chi connectivity index (χ0n) is 10.1. The molecular weight excluding hydrogens is 226 g/mol. The Labute approximate surface area is 106 Å². The zero-order chi connectivity index (χ0) is 12.4. The molecule has 0 spiro atoms. The molecule has 2 aromatic rings. The first kappa shape index (κ1) is 11.2. The summed E-state index contributed by atoms with van der Waals surface area (Å²) in [6.45, 7) is 0. The summed E-state index contributed by atoms with van der Waals surface area (Å²) in [6.07, 6.45) is 6.52. The van der Waals surface area contributed by atoms with Crippen molar-refractivity contribution in [2.24, 2.45) is 0 Å². The summed E-state index contributed by atoms with van der Waals surface area (Å²) in [5.41, 5.74) is 2.22. The van der Waals surface area contributed by atoms with Crippen LogP contribution >= 0.6 is 0 Å². The molecular formula is C15H15NO2. The molecule has 92 valence electrons. The molecule has 1 atom stereocenters. The maximum absolute atomic E-state index is 12.2. The highest BCUT2D eigenvalue weighted by Crippen LogP contribution is 2.32. The summed E-state index contributed by atoms with van der Waals surface area (Å²) in [6, 6.07) is 7.77. The summed E-state index contributed by atoms with van der Waals surface area (Å²) in [7, 11) is 0. The monoisotopic (exact) mass is 241 g/mol. The van der Waals surface area contributed by atoms with E-state index in [9.17, 15) is 4.79 Å². The smallest absolute Gasteiger partial charge is 0.142 e. The quantitative estimate of drug-likeness (QED) is 0.826. The first-order valence-corrected chi connectivity index (χ1v) is 6.33. The van der Waals surface area contributed by atoms with Crippen molar-refractivity contribution in [3.05, 3.63) is 53.7 Å². The van der Waals surface area contributed by atoms with Gasteiger partial charge in [-0.1, -0.05) is 6.07 Å². The van der Waals surface area contributed by atoms with E-state index in [0.29, 0.717) is 12.8 Å². The molecule has 0 amide bonds. The van der Waals surface area contributed by atoms with Crippen LogP contribution in [-0.2, 0) is 17.6 Å². The molecule has 0 N–H and O–H groups in total. The van der Waals surface area contributed by atoms with Gasteiger partial charge in [0.15, 0.2) is 0 Å². The first-order valence-electron chi connectivity index (χ1n) is 6.33. The fourth-order valence-electron chi connectivity index (χ4n) is 2.60. The van der Waals surface area contributed by atoms with E-state index in [1.54, 1.807) is 12.5 Å². The lowest BCUT2D eigenvalue weighted by atomic mass is 9.97. The van der Waals surface area contributed by atoms with Crippen LogP contribution in [0.2, 0.25) is 0 Å². The largest absolute Gasteiger partial charge is 0.469 e. The van der Waals surface area contributed by atoms with Gasteiger partial charge in [0.2, 0.25) is 0 Å². The number of Topliss-reactive ketones (excluding diaryl/α,β-unsaturated/α-hetero) is 1. The number of furan rings is 1. The lowest BCUT2D eigenvalue weighted by Crippen LogP contribution is -2.11. The van der Waals surface area contributed by atoms with Crippen LogP contribution in [0, 0.1) is 0 Å². The van der Waals surface area contributed by atoms with Crippen molar-refractivity contribution in [2.75, 3.05) is 0 Å². The fourth-order valence-corrected chi connectivity index (χ4v) is 2.60. The highest BCUT2D eigenvalue weighted by atomic mass is 16.3. The predicted octanol–water partition coefficient (Wildman–Crippen LogP) is 2.91. The van der Waals surface area contributed by atoms with E-state index >= 15 is 0 Å². The molecule has 0 saturated heterocycles. The molecule has 0 bridgehead atoms. The van der Waals surface area contributed by atoms with Gasteiger partial charge in [0.05, 0.1) is 17.9 Å². The molecule has 18 heavy (non-hydrogen) atoms. The van der Waals surface area contributed by atoms with Gasteiger partial charge < -0.3 is 4.42 Å². The molecule has 1 aliphatic rings. The second-order valence-electron chi connectivity index (χ2n) is 4.68. The molecule has 1 aliphatic carbocycles. The number of hydrogen-bond donors (Lipinski definition) is 0. The Morgan fingerprint density at radius 2 is 2.33 bits per heavy atom. The van der Waals surface area contributed by atoms with Crippen LogP contribution < -0.4 is 0 Å². The van der Waals surface area contributed by atoms with Crippen LogP contribution in [0.25, 0.3) is 0 Å². The average molecular weight is 241 g/mol. The number of hydrogen-bond acceptors (Lipinski definition) is 3. The highest BCUT2D eigenvalue weighted by Gasteiger charge is 2.29. The lowest BCUT2D eigenvalue weighted by Gasteiger charge is -2.08. The number of nitrogens with zero attached hydrogens (tertiary/aromatic N) is 1. The van der Waals surface area contributed by atoms with Gasteiger partial charge in [-0.05, 0) is 36.6 Å². The van der Waals surface area contributed by atoms with Crippen LogP contribution in [0.5, 0.6) is 0 Å². The van der Waals surface area contributed by atoms with Crippen LogP contribution in [0.1, 0.15) is 35.8 Å². The molecule has 0 aliphatic heterocycles. The molecule has 0 fully saturated rings. The Morgan fingerprint density at radius 3 is 3.17 bits per heavy atom. The third-order valence-corrected chi connectivity index (χ3v) is 3.55. The minimum atomic E-state index is -0.00355. The number of rotatable bonds is 4. The molecule has 3 rings (SSSR count). The van der Waals surface area contributed by atoms with Gasteiger partial charge in [0.25, 0.3) is 0 Å². The Morgan fingerprint density at radius 1 is 1.39 bits per heavy atom. The van der Waals surface area contributed by atoms with Crippen LogP contribution in [0.15, 0.2) is 41.1 Å². The maximum Gasteiger partial charge on any atom is 0.142 e. The molecule has 1 unspecified atom stereocenters. The van der Waals surface area contributed by atoms with E-state index in [4.69, 9.17) is 4.42 Å². The third-order valence-electron chi connectivity index (χ3n) is 3.55. The molecule has 0 saturated carbocycles. The molecule has 2 heterocycles. The second-order valence-corrected chi connectivity index (χ2v) is 4.68. The number of ketones is 1. The van der Waals surface area contributed by atoms with E-state index in [0.717, 1.165) is 24.3 Å². The van der Waals surface area contributed by atoms with Crippen molar-refractivity contribution in [3.63, 3.8) is 0 Å². The molecule has 0 aromatic carbocycles. The Hall–Kier alpha value is -1.90.